The molecule has 7 nitrogen and oxygen atoms in total. The third kappa shape index (κ3) is 4.13. The van der Waals surface area contributed by atoms with Crippen LogP contribution in [0.25, 0.3) is 0 Å². The van der Waals surface area contributed by atoms with E-state index in [0.29, 0.717) is 5.56 Å². The van der Waals surface area contributed by atoms with Crippen molar-refractivity contribution in [1.82, 2.24) is 5.32 Å². The third-order valence-corrected chi connectivity index (χ3v) is 4.33. The number of carbonyl (C=O) groups is 1. The molecule has 24 heavy (non-hydrogen) atoms. The van der Waals surface area contributed by atoms with E-state index in [9.17, 15) is 27.7 Å². The van der Waals surface area contributed by atoms with Crippen LogP contribution < -0.4 is 5.32 Å². The van der Waals surface area contributed by atoms with Crippen LogP contribution in [0.5, 0.6) is 0 Å². The summed E-state index contributed by atoms with van der Waals surface area (Å²) in [5.74, 6) is -1.01. The molecular weight excluding hydrogens is 339 g/mol. The number of carbonyl (C=O) groups excluding carboxylic acids is 1. The van der Waals surface area contributed by atoms with Crippen molar-refractivity contribution in [2.75, 3.05) is 6.26 Å². The Morgan fingerprint density at radius 3 is 2.38 bits per heavy atom. The van der Waals surface area contributed by atoms with E-state index >= 15 is 0 Å². The van der Waals surface area contributed by atoms with Crippen molar-refractivity contribution >= 4 is 21.4 Å². The number of nitro benzene ring substituents is 1. The first kappa shape index (κ1) is 17.5. The summed E-state index contributed by atoms with van der Waals surface area (Å²) in [6.07, 6.45) is 0.851. The number of rotatable bonds is 5. The molecule has 2 aromatic carbocycles. The zero-order valence-electron chi connectivity index (χ0n) is 12.5. The number of nitrogens with zero attached hydrogens (tertiary/aromatic N) is 1. The molecule has 0 saturated carbocycles. The minimum Gasteiger partial charge on any atom is -0.348 e. The molecular formula is C15H13FN2O5S. The number of benzene rings is 2. The molecule has 0 aliphatic rings. The van der Waals surface area contributed by atoms with Crippen LogP contribution in [0, 0.1) is 15.9 Å². The summed E-state index contributed by atoms with van der Waals surface area (Å²) < 4.78 is 35.9. The van der Waals surface area contributed by atoms with Gasteiger partial charge in [0.25, 0.3) is 11.6 Å². The molecule has 0 radical (unpaired) electrons. The molecule has 1 N–H and O–H groups in total. The molecule has 0 aromatic heterocycles. The molecule has 0 aliphatic carbocycles. The number of hydrogen-bond donors (Lipinski definition) is 1. The molecule has 0 aliphatic heterocycles. The van der Waals surface area contributed by atoms with Crippen LogP contribution in [0.15, 0.2) is 47.4 Å². The van der Waals surface area contributed by atoms with E-state index in [1.165, 1.54) is 30.3 Å². The van der Waals surface area contributed by atoms with Gasteiger partial charge in [-0.15, -0.1) is 0 Å². The molecule has 1 amide bonds. The highest BCUT2D eigenvalue weighted by Crippen LogP contribution is 2.25. The fourth-order valence-corrected chi connectivity index (χ4v) is 2.83. The fraction of sp³-hybridized carbons (Fsp3) is 0.133. The lowest BCUT2D eigenvalue weighted by atomic mass is 10.1. The zero-order chi connectivity index (χ0) is 17.9. The Labute approximate surface area is 137 Å². The predicted molar refractivity (Wildman–Crippen MR) is 83.8 cm³/mol. The highest BCUT2D eigenvalue weighted by molar-refractivity contribution is 7.90. The Kier molecular flexibility index (Phi) is 4.93. The molecule has 2 aromatic rings. The van der Waals surface area contributed by atoms with E-state index < -0.39 is 37.1 Å². The van der Waals surface area contributed by atoms with E-state index in [1.807, 2.05) is 0 Å². The molecule has 0 heterocycles. The average Bonchev–Trinajstić information content (AvgIpc) is 2.52. The van der Waals surface area contributed by atoms with Crippen molar-refractivity contribution in [2.24, 2.45) is 0 Å². The maximum Gasteiger partial charge on any atom is 0.288 e. The van der Waals surface area contributed by atoms with Gasteiger partial charge >= 0.3 is 0 Å². The summed E-state index contributed by atoms with van der Waals surface area (Å²) in [6, 6.07) is 8.61. The first-order valence-electron chi connectivity index (χ1n) is 6.69. The summed E-state index contributed by atoms with van der Waals surface area (Å²) >= 11 is 0. The normalized spacial score (nSPS) is 11.1. The van der Waals surface area contributed by atoms with Gasteiger partial charge in [-0.25, -0.2) is 12.8 Å². The number of amides is 1. The highest BCUT2D eigenvalue weighted by atomic mass is 32.2. The largest absolute Gasteiger partial charge is 0.348 e. The van der Waals surface area contributed by atoms with E-state index in [4.69, 9.17) is 0 Å². The van der Waals surface area contributed by atoms with Crippen LogP contribution in [-0.2, 0) is 16.4 Å². The van der Waals surface area contributed by atoms with Crippen LogP contribution in [-0.4, -0.2) is 25.5 Å². The van der Waals surface area contributed by atoms with Crippen LogP contribution in [0.3, 0.4) is 0 Å². The molecule has 2 rings (SSSR count). The lowest BCUT2D eigenvalue weighted by Gasteiger charge is -2.07. The van der Waals surface area contributed by atoms with Crippen molar-refractivity contribution in [1.29, 1.82) is 0 Å². The SMILES string of the molecule is CS(=O)(=O)c1ccc(C(=O)NCc2ccc(F)cc2)cc1[N+](=O)[O-]. The second-order valence-electron chi connectivity index (χ2n) is 5.02. The topological polar surface area (TPSA) is 106 Å². The van der Waals surface area contributed by atoms with Gasteiger partial charge in [0, 0.05) is 24.4 Å². The summed E-state index contributed by atoms with van der Waals surface area (Å²) in [6.45, 7) is 0.0980. The summed E-state index contributed by atoms with van der Waals surface area (Å²) in [7, 11) is -3.79. The smallest absolute Gasteiger partial charge is 0.288 e. The zero-order valence-corrected chi connectivity index (χ0v) is 13.3. The summed E-state index contributed by atoms with van der Waals surface area (Å²) in [5, 5.41) is 13.6. The van der Waals surface area contributed by atoms with Crippen LogP contribution in [0.1, 0.15) is 15.9 Å². The second kappa shape index (κ2) is 6.75. The lowest BCUT2D eigenvalue weighted by Crippen LogP contribution is -2.23. The van der Waals surface area contributed by atoms with E-state index in [1.54, 1.807) is 0 Å². The lowest BCUT2D eigenvalue weighted by molar-refractivity contribution is -0.387. The Hall–Kier alpha value is -2.81. The fourth-order valence-electron chi connectivity index (χ4n) is 2.00. The standard InChI is InChI=1S/C15H13FN2O5S/c1-24(22,23)14-7-4-11(8-13(14)18(20)21)15(19)17-9-10-2-5-12(16)6-3-10/h2-8H,9H2,1H3,(H,17,19). The second-order valence-corrected chi connectivity index (χ2v) is 7.01. The van der Waals surface area contributed by atoms with Crippen molar-refractivity contribution in [3.63, 3.8) is 0 Å². The molecule has 0 bridgehead atoms. The number of halogens is 1. The van der Waals surface area contributed by atoms with Crippen molar-refractivity contribution in [3.8, 4) is 0 Å². The first-order chi connectivity index (χ1) is 11.2. The number of hydrogen-bond acceptors (Lipinski definition) is 5. The van der Waals surface area contributed by atoms with Crippen LogP contribution >= 0.6 is 0 Å². The van der Waals surface area contributed by atoms with Gasteiger partial charge in [0.05, 0.1) is 4.92 Å². The van der Waals surface area contributed by atoms with Crippen molar-refractivity contribution in [2.45, 2.75) is 11.4 Å². The van der Waals surface area contributed by atoms with Gasteiger partial charge in [-0.1, -0.05) is 12.1 Å². The quantitative estimate of drug-likeness (QED) is 0.655. The molecule has 0 unspecified atom stereocenters. The molecule has 0 atom stereocenters. The van der Waals surface area contributed by atoms with Gasteiger partial charge in [0.2, 0.25) is 0 Å². The van der Waals surface area contributed by atoms with Gasteiger partial charge < -0.3 is 5.32 Å². The highest BCUT2D eigenvalue weighted by Gasteiger charge is 2.23. The summed E-state index contributed by atoms with van der Waals surface area (Å²) in [5.41, 5.74) is -0.0600. The van der Waals surface area contributed by atoms with E-state index in [-0.39, 0.29) is 12.1 Å². The van der Waals surface area contributed by atoms with Gasteiger partial charge in [0.15, 0.2) is 9.84 Å². The Morgan fingerprint density at radius 1 is 1.21 bits per heavy atom. The minimum absolute atomic E-state index is 0.0452. The molecule has 9 heteroatoms. The molecule has 0 spiro atoms. The van der Waals surface area contributed by atoms with E-state index in [0.717, 1.165) is 18.4 Å². The predicted octanol–water partition coefficient (Wildman–Crippen LogP) is 2.07. The third-order valence-electron chi connectivity index (χ3n) is 3.18. The Morgan fingerprint density at radius 2 is 1.83 bits per heavy atom. The molecule has 0 fully saturated rings. The monoisotopic (exact) mass is 352 g/mol. The number of nitrogens with one attached hydrogen (secondary N) is 1. The Bertz CT molecular complexity index is 895. The van der Waals surface area contributed by atoms with Crippen molar-refractivity contribution in [3.05, 3.63) is 69.5 Å². The maximum absolute atomic E-state index is 12.8. The molecule has 0 saturated heterocycles. The van der Waals surface area contributed by atoms with E-state index in [2.05, 4.69) is 5.32 Å². The van der Waals surface area contributed by atoms with Crippen molar-refractivity contribution < 1.29 is 22.5 Å². The van der Waals surface area contributed by atoms with Crippen LogP contribution in [0.2, 0.25) is 0 Å². The summed E-state index contributed by atoms with van der Waals surface area (Å²) in [4.78, 5) is 21.8. The first-order valence-corrected chi connectivity index (χ1v) is 8.59. The Balaban J connectivity index is 2.22. The van der Waals surface area contributed by atoms with Gasteiger partial charge in [-0.2, -0.15) is 0 Å². The van der Waals surface area contributed by atoms with Gasteiger partial charge in [0.1, 0.15) is 10.7 Å². The van der Waals surface area contributed by atoms with Crippen LogP contribution in [0.4, 0.5) is 10.1 Å². The number of sulfone groups is 1. The molecule has 126 valence electrons. The maximum atomic E-state index is 12.8. The van der Waals surface area contributed by atoms with Gasteiger partial charge in [-0.05, 0) is 29.8 Å². The average molecular weight is 352 g/mol. The van der Waals surface area contributed by atoms with Gasteiger partial charge in [-0.3, -0.25) is 14.9 Å². The number of nitro groups is 1. The minimum atomic E-state index is -3.79.